The highest BCUT2D eigenvalue weighted by molar-refractivity contribution is 5.81. The molecule has 5 nitrogen and oxygen atoms in total. The maximum atomic E-state index is 6.06. The van der Waals surface area contributed by atoms with Gasteiger partial charge < -0.3 is 15.2 Å². The monoisotopic (exact) mass is 261 g/mol. The van der Waals surface area contributed by atoms with E-state index in [1.165, 1.54) is 0 Å². The van der Waals surface area contributed by atoms with Gasteiger partial charge in [0, 0.05) is 18.2 Å². The zero-order valence-electron chi connectivity index (χ0n) is 11.9. The van der Waals surface area contributed by atoms with Crippen LogP contribution in [0, 0.1) is 13.8 Å². The lowest BCUT2D eigenvalue weighted by molar-refractivity contribution is 0.353. The SMILES string of the molecule is COc1cc(C)c(-c2cnn(C)c2N)c(C)c1OC. The maximum Gasteiger partial charge on any atom is 0.164 e. The summed E-state index contributed by atoms with van der Waals surface area (Å²) < 4.78 is 12.4. The first-order valence-electron chi connectivity index (χ1n) is 6.01. The molecule has 2 rings (SSSR count). The topological polar surface area (TPSA) is 62.3 Å². The normalized spacial score (nSPS) is 10.6. The van der Waals surface area contributed by atoms with Gasteiger partial charge in [-0.2, -0.15) is 5.10 Å². The van der Waals surface area contributed by atoms with Gasteiger partial charge in [0.05, 0.1) is 20.4 Å². The second kappa shape index (κ2) is 4.84. The second-order valence-corrected chi connectivity index (χ2v) is 4.50. The van der Waals surface area contributed by atoms with E-state index in [2.05, 4.69) is 5.10 Å². The summed E-state index contributed by atoms with van der Waals surface area (Å²) in [6.45, 7) is 4.02. The number of aromatic nitrogens is 2. The van der Waals surface area contributed by atoms with Gasteiger partial charge in [0.2, 0.25) is 0 Å². The average molecular weight is 261 g/mol. The van der Waals surface area contributed by atoms with Crippen LogP contribution in [-0.2, 0) is 7.05 Å². The minimum absolute atomic E-state index is 0.637. The van der Waals surface area contributed by atoms with E-state index in [0.29, 0.717) is 5.82 Å². The molecule has 0 atom stereocenters. The third kappa shape index (κ3) is 2.01. The largest absolute Gasteiger partial charge is 0.493 e. The van der Waals surface area contributed by atoms with E-state index in [1.54, 1.807) is 25.1 Å². The van der Waals surface area contributed by atoms with E-state index in [1.807, 2.05) is 27.0 Å². The molecular weight excluding hydrogens is 242 g/mol. The smallest absolute Gasteiger partial charge is 0.164 e. The number of rotatable bonds is 3. The van der Waals surface area contributed by atoms with Gasteiger partial charge in [-0.1, -0.05) is 0 Å². The predicted molar refractivity (Wildman–Crippen MR) is 75.6 cm³/mol. The van der Waals surface area contributed by atoms with Crippen LogP contribution in [0.2, 0.25) is 0 Å². The molecule has 0 saturated heterocycles. The molecule has 0 aliphatic carbocycles. The third-order valence-electron chi connectivity index (χ3n) is 3.36. The molecule has 0 saturated carbocycles. The highest BCUT2D eigenvalue weighted by atomic mass is 16.5. The standard InChI is InChI=1S/C14H19N3O2/c1-8-6-11(18-4)13(19-5)9(2)12(8)10-7-16-17(3)14(10)15/h6-7H,15H2,1-5H3. The lowest BCUT2D eigenvalue weighted by Crippen LogP contribution is -2.01. The fraction of sp³-hybridized carbons (Fsp3) is 0.357. The van der Waals surface area contributed by atoms with E-state index >= 15 is 0 Å². The Balaban J connectivity index is 2.74. The molecule has 1 aromatic heterocycles. The van der Waals surface area contributed by atoms with Crippen molar-refractivity contribution in [2.24, 2.45) is 7.05 Å². The van der Waals surface area contributed by atoms with Crippen molar-refractivity contribution >= 4 is 5.82 Å². The van der Waals surface area contributed by atoms with Crippen molar-refractivity contribution in [1.82, 2.24) is 9.78 Å². The molecule has 0 radical (unpaired) electrons. The Morgan fingerprint density at radius 1 is 1.21 bits per heavy atom. The number of hydrogen-bond acceptors (Lipinski definition) is 4. The lowest BCUT2D eigenvalue weighted by atomic mass is 9.96. The molecule has 2 N–H and O–H groups in total. The Labute approximate surface area is 112 Å². The summed E-state index contributed by atoms with van der Waals surface area (Å²) in [7, 11) is 5.09. The van der Waals surface area contributed by atoms with Crippen LogP contribution in [0.25, 0.3) is 11.1 Å². The first-order chi connectivity index (χ1) is 9.01. The molecule has 2 aromatic rings. The van der Waals surface area contributed by atoms with E-state index in [9.17, 15) is 0 Å². The van der Waals surface area contributed by atoms with Gasteiger partial charge in [-0.25, -0.2) is 0 Å². The predicted octanol–water partition coefficient (Wildman–Crippen LogP) is 2.30. The molecule has 0 spiro atoms. The fourth-order valence-electron chi connectivity index (χ4n) is 2.39. The number of anilines is 1. The van der Waals surface area contributed by atoms with Crippen LogP contribution in [0.5, 0.6) is 11.5 Å². The Morgan fingerprint density at radius 2 is 1.89 bits per heavy atom. The molecule has 0 bridgehead atoms. The van der Waals surface area contributed by atoms with Gasteiger partial charge in [-0.15, -0.1) is 0 Å². The molecular formula is C14H19N3O2. The number of aryl methyl sites for hydroxylation is 2. The van der Waals surface area contributed by atoms with E-state index < -0.39 is 0 Å². The second-order valence-electron chi connectivity index (χ2n) is 4.50. The number of ether oxygens (including phenoxy) is 2. The van der Waals surface area contributed by atoms with Crippen LogP contribution in [0.1, 0.15) is 11.1 Å². The molecule has 0 amide bonds. The van der Waals surface area contributed by atoms with Crippen LogP contribution in [0.3, 0.4) is 0 Å². The van der Waals surface area contributed by atoms with Crippen molar-refractivity contribution in [3.05, 3.63) is 23.4 Å². The first kappa shape index (κ1) is 13.3. The summed E-state index contributed by atoms with van der Waals surface area (Å²) in [5, 5.41) is 4.19. The molecule has 102 valence electrons. The van der Waals surface area contributed by atoms with E-state index in [4.69, 9.17) is 15.2 Å². The Morgan fingerprint density at radius 3 is 2.37 bits per heavy atom. The molecule has 1 aromatic carbocycles. The zero-order chi connectivity index (χ0) is 14.2. The number of benzene rings is 1. The molecule has 5 heteroatoms. The molecule has 0 fully saturated rings. The summed E-state index contributed by atoms with van der Waals surface area (Å²) in [6, 6.07) is 1.95. The lowest BCUT2D eigenvalue weighted by Gasteiger charge is -2.16. The average Bonchev–Trinajstić information content (AvgIpc) is 2.70. The zero-order valence-corrected chi connectivity index (χ0v) is 11.9. The van der Waals surface area contributed by atoms with Crippen molar-refractivity contribution in [1.29, 1.82) is 0 Å². The minimum atomic E-state index is 0.637. The van der Waals surface area contributed by atoms with Crippen molar-refractivity contribution in [2.75, 3.05) is 20.0 Å². The number of methoxy groups -OCH3 is 2. The molecule has 0 aliphatic heterocycles. The third-order valence-corrected chi connectivity index (χ3v) is 3.36. The maximum absolute atomic E-state index is 6.06. The van der Waals surface area contributed by atoms with Crippen LogP contribution >= 0.6 is 0 Å². The van der Waals surface area contributed by atoms with Crippen molar-refractivity contribution in [3.63, 3.8) is 0 Å². The molecule has 19 heavy (non-hydrogen) atoms. The highest BCUT2D eigenvalue weighted by Gasteiger charge is 2.19. The van der Waals surface area contributed by atoms with E-state index in [0.717, 1.165) is 33.8 Å². The summed E-state index contributed by atoms with van der Waals surface area (Å²) in [4.78, 5) is 0. The Bertz CT molecular complexity index is 618. The Kier molecular flexibility index (Phi) is 3.38. The number of nitrogen functional groups attached to an aromatic ring is 1. The van der Waals surface area contributed by atoms with Crippen molar-refractivity contribution in [2.45, 2.75) is 13.8 Å². The van der Waals surface area contributed by atoms with Crippen molar-refractivity contribution in [3.8, 4) is 22.6 Å². The number of nitrogens with zero attached hydrogens (tertiary/aromatic N) is 2. The highest BCUT2D eigenvalue weighted by Crippen LogP contribution is 2.41. The van der Waals surface area contributed by atoms with Gasteiger partial charge in [0.25, 0.3) is 0 Å². The summed E-state index contributed by atoms with van der Waals surface area (Å²) in [5.41, 5.74) is 10.1. The van der Waals surface area contributed by atoms with Crippen LogP contribution in [-0.4, -0.2) is 24.0 Å². The number of hydrogen-bond donors (Lipinski definition) is 1. The van der Waals surface area contributed by atoms with Crippen LogP contribution < -0.4 is 15.2 Å². The van der Waals surface area contributed by atoms with Crippen LogP contribution in [0.4, 0.5) is 5.82 Å². The molecule has 0 unspecified atom stereocenters. The Hall–Kier alpha value is -2.17. The molecule has 1 heterocycles. The van der Waals surface area contributed by atoms with Gasteiger partial charge in [-0.05, 0) is 31.0 Å². The molecule has 0 aliphatic rings. The summed E-state index contributed by atoms with van der Waals surface area (Å²) in [6.07, 6.45) is 1.77. The van der Waals surface area contributed by atoms with Gasteiger partial charge in [0.15, 0.2) is 11.5 Å². The first-order valence-corrected chi connectivity index (χ1v) is 6.01. The van der Waals surface area contributed by atoms with Gasteiger partial charge >= 0.3 is 0 Å². The number of nitrogens with two attached hydrogens (primary N) is 1. The van der Waals surface area contributed by atoms with Gasteiger partial charge in [-0.3, -0.25) is 4.68 Å². The van der Waals surface area contributed by atoms with E-state index in [-0.39, 0.29) is 0 Å². The summed E-state index contributed by atoms with van der Waals surface area (Å²) >= 11 is 0. The van der Waals surface area contributed by atoms with Crippen molar-refractivity contribution < 1.29 is 9.47 Å². The fourth-order valence-corrected chi connectivity index (χ4v) is 2.39. The quantitative estimate of drug-likeness (QED) is 0.921. The van der Waals surface area contributed by atoms with Gasteiger partial charge in [0.1, 0.15) is 5.82 Å². The minimum Gasteiger partial charge on any atom is -0.493 e. The summed E-state index contributed by atoms with van der Waals surface area (Å²) in [5.74, 6) is 2.09. The van der Waals surface area contributed by atoms with Crippen LogP contribution in [0.15, 0.2) is 12.3 Å².